The van der Waals surface area contributed by atoms with Crippen LogP contribution in [0.15, 0.2) is 73.1 Å². The smallest absolute Gasteiger partial charge is 0.276 e. The molecule has 4 aromatic rings. The fourth-order valence-corrected chi connectivity index (χ4v) is 3.28. The molecule has 0 aliphatic heterocycles. The van der Waals surface area contributed by atoms with Crippen LogP contribution in [0, 0.1) is 0 Å². The van der Waals surface area contributed by atoms with Gasteiger partial charge >= 0.3 is 0 Å². The van der Waals surface area contributed by atoms with Gasteiger partial charge in [-0.25, -0.2) is 4.68 Å². The average Bonchev–Trinajstić information content (AvgIpc) is 3.48. The zero-order valence-corrected chi connectivity index (χ0v) is 18.5. The molecule has 4 rings (SSSR count). The Morgan fingerprint density at radius 2 is 1.76 bits per heavy atom. The average molecular weight is 465 g/mol. The van der Waals surface area contributed by atoms with Gasteiger partial charge in [0.15, 0.2) is 12.4 Å². The minimum Gasteiger partial charge on any atom is -0.470 e. The zero-order chi connectivity index (χ0) is 23.2. The van der Waals surface area contributed by atoms with Crippen LogP contribution in [0.1, 0.15) is 27.9 Å². The molecule has 33 heavy (non-hydrogen) atoms. The largest absolute Gasteiger partial charge is 0.470 e. The molecule has 2 aromatic carbocycles. The second-order valence-electron chi connectivity index (χ2n) is 6.97. The molecule has 10 heteroatoms. The summed E-state index contributed by atoms with van der Waals surface area (Å²) in [5, 5.41) is 14.4. The second kappa shape index (κ2) is 10.0. The number of carbonyl (C=O) groups excluding carboxylic acids is 2. The number of carbonyl (C=O) groups is 2. The first kappa shape index (κ1) is 22.1. The summed E-state index contributed by atoms with van der Waals surface area (Å²) in [6.07, 6.45) is 3.22. The van der Waals surface area contributed by atoms with E-state index in [-0.39, 0.29) is 24.2 Å². The topological polar surface area (TPSA) is 103 Å². The van der Waals surface area contributed by atoms with Crippen LogP contribution in [-0.4, -0.2) is 31.4 Å². The lowest BCUT2D eigenvalue weighted by Gasteiger charge is -2.09. The molecule has 2 aromatic heterocycles. The number of hydrogen-bond acceptors (Lipinski definition) is 5. The predicted octanol–water partition coefficient (Wildman–Crippen LogP) is 4.29. The lowest BCUT2D eigenvalue weighted by Crippen LogP contribution is -2.18. The third-order valence-electron chi connectivity index (χ3n) is 4.69. The molecule has 0 aliphatic carbocycles. The molecule has 0 saturated heterocycles. The fourth-order valence-electron chi connectivity index (χ4n) is 3.09. The van der Waals surface area contributed by atoms with Gasteiger partial charge in [0.05, 0.1) is 5.02 Å². The SMILES string of the molecule is CCn1nccc1C(=O)Nc1cccc(NC(=O)c2ccn(COc3ccccc3Cl)n2)c1. The van der Waals surface area contributed by atoms with Gasteiger partial charge in [0, 0.05) is 30.3 Å². The summed E-state index contributed by atoms with van der Waals surface area (Å²) >= 11 is 6.08. The van der Waals surface area contributed by atoms with Crippen LogP contribution >= 0.6 is 11.6 Å². The molecular weight excluding hydrogens is 444 g/mol. The Morgan fingerprint density at radius 1 is 1.00 bits per heavy atom. The van der Waals surface area contributed by atoms with Crippen molar-refractivity contribution >= 4 is 34.8 Å². The Kier molecular flexibility index (Phi) is 6.70. The first-order valence-electron chi connectivity index (χ1n) is 10.2. The predicted molar refractivity (Wildman–Crippen MR) is 125 cm³/mol. The molecule has 0 fully saturated rings. The number of aromatic nitrogens is 4. The first-order valence-corrected chi connectivity index (χ1v) is 10.6. The highest BCUT2D eigenvalue weighted by molar-refractivity contribution is 6.32. The minimum absolute atomic E-state index is 0.104. The highest BCUT2D eigenvalue weighted by Gasteiger charge is 2.13. The first-order chi connectivity index (χ1) is 16.0. The van der Waals surface area contributed by atoms with E-state index < -0.39 is 0 Å². The van der Waals surface area contributed by atoms with E-state index in [0.29, 0.717) is 34.4 Å². The Balaban J connectivity index is 1.37. The molecule has 2 amide bonds. The monoisotopic (exact) mass is 464 g/mol. The van der Waals surface area contributed by atoms with Crippen LogP contribution in [-0.2, 0) is 13.3 Å². The summed E-state index contributed by atoms with van der Waals surface area (Å²) in [5.74, 6) is -0.143. The number of nitrogens with zero attached hydrogens (tertiary/aromatic N) is 4. The van der Waals surface area contributed by atoms with Crippen molar-refractivity contribution in [2.45, 2.75) is 20.2 Å². The Morgan fingerprint density at radius 3 is 2.52 bits per heavy atom. The van der Waals surface area contributed by atoms with E-state index in [4.69, 9.17) is 16.3 Å². The van der Waals surface area contributed by atoms with Crippen molar-refractivity contribution in [3.63, 3.8) is 0 Å². The molecule has 9 nitrogen and oxygen atoms in total. The van der Waals surface area contributed by atoms with Gasteiger partial charge in [0.2, 0.25) is 0 Å². The van der Waals surface area contributed by atoms with E-state index in [1.54, 1.807) is 65.6 Å². The highest BCUT2D eigenvalue weighted by atomic mass is 35.5. The van der Waals surface area contributed by atoms with Crippen molar-refractivity contribution in [2.75, 3.05) is 10.6 Å². The van der Waals surface area contributed by atoms with Crippen LogP contribution in [0.25, 0.3) is 0 Å². The van der Waals surface area contributed by atoms with Crippen LogP contribution in [0.5, 0.6) is 5.75 Å². The highest BCUT2D eigenvalue weighted by Crippen LogP contribution is 2.23. The standard InChI is InChI=1S/C23H21ClN6O3/c1-2-30-20(10-12-25-30)23(32)27-17-7-5-6-16(14-17)26-22(31)19-11-13-29(28-19)15-33-21-9-4-3-8-18(21)24/h3-14H,2,15H2,1H3,(H,26,31)(H,27,32). The second-order valence-corrected chi connectivity index (χ2v) is 7.37. The molecular formula is C23H21ClN6O3. The summed E-state index contributed by atoms with van der Waals surface area (Å²) in [4.78, 5) is 25.1. The maximum Gasteiger partial charge on any atom is 0.276 e. The molecule has 0 saturated carbocycles. The number of aryl methyl sites for hydroxylation is 1. The Hall–Kier alpha value is -4.11. The number of nitrogens with one attached hydrogen (secondary N) is 2. The lowest BCUT2D eigenvalue weighted by molar-refractivity contribution is 0.101. The molecule has 0 bridgehead atoms. The molecule has 2 heterocycles. The van der Waals surface area contributed by atoms with Gasteiger partial charge in [-0.05, 0) is 49.4 Å². The van der Waals surface area contributed by atoms with Gasteiger partial charge < -0.3 is 15.4 Å². The van der Waals surface area contributed by atoms with Crippen molar-refractivity contribution in [1.29, 1.82) is 0 Å². The quantitative estimate of drug-likeness (QED) is 0.405. The minimum atomic E-state index is -0.390. The summed E-state index contributed by atoms with van der Waals surface area (Å²) in [5.41, 5.74) is 1.74. The van der Waals surface area contributed by atoms with Crippen molar-refractivity contribution < 1.29 is 14.3 Å². The van der Waals surface area contributed by atoms with Crippen molar-refractivity contribution in [2.24, 2.45) is 0 Å². The summed E-state index contributed by atoms with van der Waals surface area (Å²) in [6.45, 7) is 2.60. The van der Waals surface area contributed by atoms with Crippen LogP contribution in [0.4, 0.5) is 11.4 Å². The van der Waals surface area contributed by atoms with Gasteiger partial charge in [0.1, 0.15) is 11.4 Å². The van der Waals surface area contributed by atoms with Crippen molar-refractivity contribution in [3.05, 3.63) is 89.5 Å². The number of para-hydroxylation sites is 1. The summed E-state index contributed by atoms with van der Waals surface area (Å²) < 4.78 is 8.72. The van der Waals surface area contributed by atoms with Gasteiger partial charge in [-0.2, -0.15) is 10.2 Å². The number of benzene rings is 2. The third-order valence-corrected chi connectivity index (χ3v) is 5.00. The fraction of sp³-hybridized carbons (Fsp3) is 0.130. The summed E-state index contributed by atoms with van der Waals surface area (Å²) in [7, 11) is 0. The van der Waals surface area contributed by atoms with Gasteiger partial charge in [0.25, 0.3) is 11.8 Å². The van der Waals surface area contributed by atoms with Crippen molar-refractivity contribution in [1.82, 2.24) is 19.6 Å². The van der Waals surface area contributed by atoms with E-state index in [2.05, 4.69) is 20.8 Å². The van der Waals surface area contributed by atoms with E-state index >= 15 is 0 Å². The Labute approximate surface area is 194 Å². The maximum absolute atomic E-state index is 12.6. The van der Waals surface area contributed by atoms with Gasteiger partial charge in [-0.3, -0.25) is 14.3 Å². The number of amides is 2. The molecule has 2 N–H and O–H groups in total. The van der Waals surface area contributed by atoms with Gasteiger partial charge in [-0.15, -0.1) is 0 Å². The summed E-state index contributed by atoms with van der Waals surface area (Å²) in [6, 6.07) is 17.2. The van der Waals surface area contributed by atoms with Crippen LogP contribution in [0.2, 0.25) is 5.02 Å². The third kappa shape index (κ3) is 5.39. The van der Waals surface area contributed by atoms with Crippen LogP contribution in [0.3, 0.4) is 0 Å². The molecule has 0 radical (unpaired) electrons. The zero-order valence-electron chi connectivity index (χ0n) is 17.7. The van der Waals surface area contributed by atoms with Crippen LogP contribution < -0.4 is 15.4 Å². The van der Waals surface area contributed by atoms with Gasteiger partial charge in [-0.1, -0.05) is 29.8 Å². The van der Waals surface area contributed by atoms with E-state index in [0.717, 1.165) is 0 Å². The normalized spacial score (nSPS) is 10.6. The number of anilines is 2. The number of rotatable bonds is 8. The molecule has 0 aliphatic rings. The van der Waals surface area contributed by atoms with E-state index in [1.807, 2.05) is 19.1 Å². The number of ether oxygens (including phenoxy) is 1. The lowest BCUT2D eigenvalue weighted by atomic mass is 10.2. The molecule has 0 atom stereocenters. The molecule has 0 unspecified atom stereocenters. The Bertz CT molecular complexity index is 1280. The number of hydrogen-bond donors (Lipinski definition) is 2. The number of halogens is 1. The van der Waals surface area contributed by atoms with Crippen molar-refractivity contribution in [3.8, 4) is 5.75 Å². The molecule has 0 spiro atoms. The molecule has 168 valence electrons. The maximum atomic E-state index is 12.6. The van der Waals surface area contributed by atoms with E-state index in [1.165, 1.54) is 4.68 Å². The van der Waals surface area contributed by atoms with E-state index in [9.17, 15) is 9.59 Å².